The van der Waals surface area contributed by atoms with Crippen LogP contribution >= 0.6 is 21.6 Å². The van der Waals surface area contributed by atoms with Gasteiger partial charge in [0, 0.05) is 116 Å². The predicted molar refractivity (Wildman–Crippen MR) is 526 cm³/mol. The summed E-state index contributed by atoms with van der Waals surface area (Å²) in [5.74, 6) is -25.9. The number of aromatic nitrogens is 4. The molecule has 1 aliphatic rings. The molecule has 49 nitrogen and oxygen atoms in total. The van der Waals surface area contributed by atoms with Crippen LogP contribution < -0.4 is 113 Å². The number of nitrogens with two attached hydrogens (primary N) is 4. The molecule has 4 heterocycles. The minimum atomic E-state index is -2.14. The van der Waals surface area contributed by atoms with Gasteiger partial charge in [0.15, 0.2) is 11.9 Å². The molecule has 1 aliphatic heterocycles. The maximum Gasteiger partial charge on any atom is 0.305 e. The molecule has 0 radical (unpaired) electrons. The summed E-state index contributed by atoms with van der Waals surface area (Å²) in [5, 5.41) is 92.2. The number of benzene rings is 4. The van der Waals surface area contributed by atoms with Gasteiger partial charge in [-0.05, 0) is 96.9 Å². The number of hydrogen-bond acceptors (Lipinski definition) is 25. The normalized spacial score (nSPS) is 20.7. The van der Waals surface area contributed by atoms with Crippen LogP contribution in [0.3, 0.4) is 0 Å². The Balaban J connectivity index is 1.27. The average molecular weight is 2030 g/mol. The van der Waals surface area contributed by atoms with Crippen LogP contribution in [-0.4, -0.2) is 281 Å². The summed E-state index contributed by atoms with van der Waals surface area (Å²) in [6.45, 7) is 7.19. The molecule has 143 heavy (non-hydrogen) atoms. The second-order valence-corrected chi connectivity index (χ2v) is 37.2. The molecule has 33 N–H and O–H groups in total. The minimum absolute atomic E-state index is 0.00280. The van der Waals surface area contributed by atoms with E-state index in [0.29, 0.717) is 49.3 Å². The Morgan fingerprint density at radius 3 is 1.57 bits per heavy atom. The lowest BCUT2D eigenvalue weighted by Crippen LogP contribution is -2.62. The molecule has 772 valence electrons. The highest BCUT2D eigenvalue weighted by Gasteiger charge is 2.41. The number of aromatic amines is 3. The number of amides is 17. The predicted octanol–water partition coefficient (Wildman–Crippen LogP) is -4.19. The lowest BCUT2D eigenvalue weighted by atomic mass is 9.97. The van der Waals surface area contributed by atoms with E-state index in [2.05, 4.69) is 110 Å². The average Bonchev–Trinajstić information content (AvgIpc) is 1.80. The summed E-state index contributed by atoms with van der Waals surface area (Å²) in [4.78, 5) is 287. The molecule has 0 spiro atoms. The standard InChI is InChI=1S/C92H125N27O22S2/c1-7-46(4)75(118-82(133)60(26-16-32-101-92(97)98)108-80(131)61(106-48(6)121)28-30-72(124)125)90(141)116-69-43-143-142-42-68(88(139)119-76(47(5)120)77(94)128)115-79(130)59(25-15-31-100-91(95)96)109-85(136)66(36-53-40-99-44-105-53)112-83(134)64(33-50-19-14-18-49-17-8-9-20-54(49)50)107-71(123)41-104-78(129)63(34-51-38-102-57-23-12-10-21-55(51)57)111-86(137)67(37-73(126)127)113-81(132)62(27-29-70(93)122)110-84(135)65(114-89(140)74(45(2)3)117-87(69)138)35-52-39-103-58-24-13-11-22-56(52)58/h8-14,17-24,38-40,44-47,59-69,74-76,102-103,120H,7,15-16,25-37,41-43H2,1-6H3,(H2,93,122)(H2,94,128)(H,99,105)(H,104,129)(H,106,121)(H,107,123)(H,108,131)(H,109,136)(H,110,135)(H,111,137)(H,112,134)(H,113,132)(H,114,140)(H,115,130)(H,116,141)(H,117,138)(H,118,133)(H,119,139)(H,124,125)(H,126,127)(H4,95,96,100)(H4,97,98,101)/t46-,47+,59-,60-,61-,62-,63-,64-,65-,66-,67-,68-,69-,74-,75-,76-/m0/s1. The van der Waals surface area contributed by atoms with Gasteiger partial charge in [-0.3, -0.25) is 102 Å². The number of nitrogens with zero attached hydrogens (tertiary/aromatic N) is 1. The smallest absolute Gasteiger partial charge is 0.305 e. The van der Waals surface area contributed by atoms with Gasteiger partial charge in [-0.15, -0.1) is 0 Å². The molecule has 51 heteroatoms. The second kappa shape index (κ2) is 55.5. The Morgan fingerprint density at radius 2 is 1.01 bits per heavy atom. The van der Waals surface area contributed by atoms with Gasteiger partial charge in [0.2, 0.25) is 100 Å². The third-order valence-corrected chi connectivity index (χ3v) is 25.7. The van der Waals surface area contributed by atoms with E-state index in [0.717, 1.165) is 35.4 Å². The SMILES string of the molecule is CC[C@H](C)[C@H](NC(=O)[C@H](CCCNC(=N)N)NC(=O)[C@H](CCC(=O)O)NC(C)=O)C(=O)N[C@H]1CSSC[C@@H](C(=O)N[C@H](C(N)=O)[C@@H](C)O)NC(=O)[C@H](CCCNC(=N)N)NC(=O)[C@H](Cc2cnc[nH]2)NC(=O)[C@H](Cc2cccc3ccccc23)NC(=O)CNC(=O)[C@H](Cc2c[nH]c3ccccc23)NC(=O)[C@H](CC(=O)O)NC(=O)[C@H](CCC(N)=O)NC(=O)[C@H](Cc2c[nH]c3ccccc23)NC(=O)[C@H](C(C)C)NC1=O. The Kier molecular flexibility index (Phi) is 43.8. The number of para-hydroxylation sites is 2. The number of carboxylic acid groups (broad SMARTS) is 2. The number of aliphatic hydroxyl groups is 1. The fourth-order valence-electron chi connectivity index (χ4n) is 15.5. The number of guanidine groups is 2. The number of H-pyrrole nitrogens is 3. The lowest BCUT2D eigenvalue weighted by Gasteiger charge is -2.30. The summed E-state index contributed by atoms with van der Waals surface area (Å²) in [7, 11) is 1.44. The topological polar surface area (TPSA) is 802 Å². The van der Waals surface area contributed by atoms with Crippen LogP contribution in [0.5, 0.6) is 0 Å². The van der Waals surface area contributed by atoms with Gasteiger partial charge in [0.25, 0.3) is 0 Å². The van der Waals surface area contributed by atoms with Crippen molar-refractivity contribution in [2.75, 3.05) is 31.1 Å². The fraction of sp³-hybridized carbons (Fsp3) is 0.457. The van der Waals surface area contributed by atoms with E-state index >= 15 is 43.2 Å². The second-order valence-electron chi connectivity index (χ2n) is 34.7. The quantitative estimate of drug-likeness (QED) is 0.00755. The van der Waals surface area contributed by atoms with Gasteiger partial charge in [0.1, 0.15) is 84.6 Å². The molecule has 1 fully saturated rings. The first kappa shape index (κ1) is 113. The summed E-state index contributed by atoms with van der Waals surface area (Å²) < 4.78 is 0. The van der Waals surface area contributed by atoms with Gasteiger partial charge in [-0.1, -0.05) is 135 Å². The molecular formula is C92H125N27O22S2. The van der Waals surface area contributed by atoms with Crippen LogP contribution in [0.4, 0.5) is 0 Å². The molecule has 17 amide bonds. The summed E-state index contributed by atoms with van der Waals surface area (Å²) in [6.07, 6.45) is -1.82. The van der Waals surface area contributed by atoms with Gasteiger partial charge in [0.05, 0.1) is 25.4 Å². The number of carboxylic acids is 2. The van der Waals surface area contributed by atoms with Crippen LogP contribution in [0.25, 0.3) is 32.6 Å². The maximum absolute atomic E-state index is 15.7. The van der Waals surface area contributed by atoms with E-state index in [-0.39, 0.29) is 57.3 Å². The molecule has 0 saturated carbocycles. The van der Waals surface area contributed by atoms with Crippen molar-refractivity contribution < 1.29 is 106 Å². The van der Waals surface area contributed by atoms with Crippen molar-refractivity contribution in [3.05, 3.63) is 138 Å². The summed E-state index contributed by atoms with van der Waals surface area (Å²) in [6, 6.07) is 0.837. The fourth-order valence-corrected chi connectivity index (χ4v) is 17.8. The van der Waals surface area contributed by atoms with Crippen molar-refractivity contribution in [3.63, 3.8) is 0 Å². The summed E-state index contributed by atoms with van der Waals surface area (Å²) in [5.41, 5.74) is 25.1. The first-order valence-electron chi connectivity index (χ1n) is 46.1. The highest BCUT2D eigenvalue weighted by molar-refractivity contribution is 8.76. The highest BCUT2D eigenvalue weighted by atomic mass is 33.1. The number of rotatable bonds is 38. The Labute approximate surface area is 828 Å². The number of primary amides is 2. The Bertz CT molecular complexity index is 5730. The Morgan fingerprint density at radius 1 is 0.497 bits per heavy atom. The van der Waals surface area contributed by atoms with Gasteiger partial charge >= 0.3 is 11.9 Å². The van der Waals surface area contributed by atoms with Gasteiger partial charge in [-0.2, -0.15) is 0 Å². The highest BCUT2D eigenvalue weighted by Crippen LogP contribution is 2.27. The van der Waals surface area contributed by atoms with Crippen molar-refractivity contribution >= 4 is 178 Å². The molecule has 0 bridgehead atoms. The van der Waals surface area contributed by atoms with E-state index in [1.807, 2.05) is 0 Å². The number of carbonyl (C=O) groups is 19. The zero-order valence-corrected chi connectivity index (χ0v) is 81.0. The number of carbonyl (C=O) groups excluding carboxylic acids is 17. The molecule has 8 rings (SSSR count). The van der Waals surface area contributed by atoms with Gasteiger partial charge in [-0.25, -0.2) is 4.98 Å². The third kappa shape index (κ3) is 35.7. The Hall–Kier alpha value is -15.4. The lowest BCUT2D eigenvalue weighted by molar-refractivity contribution is -0.141. The first-order valence-corrected chi connectivity index (χ1v) is 48.6. The largest absolute Gasteiger partial charge is 0.481 e. The zero-order valence-electron chi connectivity index (χ0n) is 79.4. The number of aliphatic carboxylic acids is 2. The van der Waals surface area contributed by atoms with Gasteiger partial charge < -0.3 is 144 Å². The number of imidazole rings is 1. The summed E-state index contributed by atoms with van der Waals surface area (Å²) >= 11 is 0. The molecule has 7 aromatic rings. The monoisotopic (exact) mass is 2020 g/mol. The zero-order chi connectivity index (χ0) is 105. The van der Waals surface area contributed by atoms with Crippen molar-refractivity contribution in [2.45, 2.75) is 222 Å². The molecule has 3 aromatic heterocycles. The van der Waals surface area contributed by atoms with E-state index in [1.165, 1.54) is 45.7 Å². The molecule has 0 aliphatic carbocycles. The van der Waals surface area contributed by atoms with Crippen molar-refractivity contribution in [1.82, 2.24) is 110 Å². The van der Waals surface area contributed by atoms with Crippen molar-refractivity contribution in [2.24, 2.45) is 34.8 Å². The van der Waals surface area contributed by atoms with E-state index in [1.54, 1.807) is 97.9 Å². The van der Waals surface area contributed by atoms with E-state index in [9.17, 15) is 63.3 Å². The molecule has 16 atom stereocenters. The van der Waals surface area contributed by atoms with Crippen LogP contribution in [-0.2, 0) is 117 Å². The van der Waals surface area contributed by atoms with Crippen molar-refractivity contribution in [1.29, 1.82) is 10.8 Å². The maximum atomic E-state index is 15.7. The minimum Gasteiger partial charge on any atom is -0.481 e. The molecule has 1 saturated heterocycles. The van der Waals surface area contributed by atoms with Crippen LogP contribution in [0.15, 0.2) is 116 Å². The molecular weight excluding hydrogens is 1900 g/mol. The van der Waals surface area contributed by atoms with Crippen molar-refractivity contribution in [3.8, 4) is 0 Å². The third-order valence-electron chi connectivity index (χ3n) is 23.3. The number of fused-ring (bicyclic) bond motifs is 3. The number of aliphatic hydroxyl groups excluding tert-OH is 1. The molecule has 4 aromatic carbocycles. The van der Waals surface area contributed by atoms with E-state index < -0.39 is 296 Å². The first-order chi connectivity index (χ1) is 68.0. The van der Waals surface area contributed by atoms with Crippen LogP contribution in [0.2, 0.25) is 0 Å². The number of hydrogen-bond donors (Lipinski definition) is 29. The molecule has 0 unspecified atom stereocenters. The van der Waals surface area contributed by atoms with Crippen LogP contribution in [0, 0.1) is 22.7 Å². The number of nitrogens with one attached hydrogen (secondary N) is 22. The van der Waals surface area contributed by atoms with E-state index in [4.69, 9.17) is 33.8 Å². The van der Waals surface area contributed by atoms with Crippen LogP contribution in [0.1, 0.15) is 128 Å².